The first kappa shape index (κ1) is 12.1. The normalized spacial score (nSPS) is 10.6. The van der Waals surface area contributed by atoms with E-state index in [1.807, 2.05) is 0 Å². The Morgan fingerprint density at radius 2 is 1.89 bits per heavy atom. The number of hydrogen-bond donors (Lipinski definition) is 1. The molecule has 8 heteroatoms. The Kier molecular flexibility index (Phi) is 3.00. The zero-order chi connectivity index (χ0) is 13.3. The Labute approximate surface area is 98.5 Å². The largest absolute Gasteiger partial charge is 0.481 e. The first-order chi connectivity index (χ1) is 8.47. The van der Waals surface area contributed by atoms with E-state index in [1.165, 1.54) is 0 Å². The number of carbonyl (C=O) groups is 1. The molecule has 0 saturated heterocycles. The van der Waals surface area contributed by atoms with Crippen molar-refractivity contribution in [3.8, 4) is 5.69 Å². The van der Waals surface area contributed by atoms with Crippen molar-refractivity contribution in [1.29, 1.82) is 0 Å². The molecule has 0 bridgehead atoms. The van der Waals surface area contributed by atoms with Gasteiger partial charge in [0.05, 0.1) is 18.3 Å². The van der Waals surface area contributed by atoms with Gasteiger partial charge < -0.3 is 5.11 Å². The molecule has 0 aliphatic carbocycles. The maximum Gasteiger partial charge on any atom is 0.309 e. The van der Waals surface area contributed by atoms with Crippen LogP contribution in [0.1, 0.15) is 5.69 Å². The molecule has 1 aromatic heterocycles. The Balaban J connectivity index is 2.40. The number of nitrogens with zero attached hydrogens (tertiary/aromatic N) is 3. The third kappa shape index (κ3) is 2.31. The van der Waals surface area contributed by atoms with Gasteiger partial charge in [-0.1, -0.05) is 5.21 Å². The van der Waals surface area contributed by atoms with Crippen LogP contribution in [0.3, 0.4) is 0 Å². The summed E-state index contributed by atoms with van der Waals surface area (Å²) in [5.41, 5.74) is -0.273. The molecule has 0 radical (unpaired) electrons. The molecule has 0 fully saturated rings. The van der Waals surface area contributed by atoms with Crippen LogP contribution >= 0.6 is 0 Å². The number of benzene rings is 1. The van der Waals surface area contributed by atoms with E-state index in [9.17, 15) is 18.0 Å². The van der Waals surface area contributed by atoms with Crippen LogP contribution in [0.5, 0.6) is 0 Å². The number of carboxylic acids is 1. The van der Waals surface area contributed by atoms with E-state index >= 15 is 0 Å². The van der Waals surface area contributed by atoms with E-state index in [0.717, 1.165) is 10.9 Å². The Hall–Kier alpha value is -2.38. The summed E-state index contributed by atoms with van der Waals surface area (Å²) in [6.45, 7) is 0. The molecule has 0 saturated carbocycles. The van der Waals surface area contributed by atoms with Crippen LogP contribution in [0.2, 0.25) is 0 Å². The van der Waals surface area contributed by atoms with Crippen LogP contribution in [-0.2, 0) is 11.2 Å². The summed E-state index contributed by atoms with van der Waals surface area (Å²) in [5.74, 6) is -4.71. The lowest BCUT2D eigenvalue weighted by Crippen LogP contribution is -2.01. The quantitative estimate of drug-likeness (QED) is 0.842. The van der Waals surface area contributed by atoms with Crippen LogP contribution < -0.4 is 0 Å². The minimum Gasteiger partial charge on any atom is -0.481 e. The molecule has 94 valence electrons. The third-order valence-electron chi connectivity index (χ3n) is 2.11. The lowest BCUT2D eigenvalue weighted by molar-refractivity contribution is -0.136. The van der Waals surface area contributed by atoms with Crippen molar-refractivity contribution in [1.82, 2.24) is 15.0 Å². The van der Waals surface area contributed by atoms with Gasteiger partial charge in [0, 0.05) is 12.1 Å². The number of halogens is 3. The Bertz CT molecular complexity index is 612. The minimum absolute atomic E-state index is 0.0756. The Morgan fingerprint density at radius 3 is 2.56 bits per heavy atom. The average molecular weight is 257 g/mol. The van der Waals surface area contributed by atoms with Crippen LogP contribution in [0.25, 0.3) is 5.69 Å². The topological polar surface area (TPSA) is 68.0 Å². The summed E-state index contributed by atoms with van der Waals surface area (Å²) < 4.78 is 39.9. The predicted octanol–water partition coefficient (Wildman–Crippen LogP) is 1.31. The molecule has 0 spiro atoms. The van der Waals surface area contributed by atoms with Crippen molar-refractivity contribution in [3.05, 3.63) is 41.5 Å². The van der Waals surface area contributed by atoms with Gasteiger partial charge in [-0.25, -0.2) is 17.9 Å². The molecule has 18 heavy (non-hydrogen) atoms. The smallest absolute Gasteiger partial charge is 0.309 e. The van der Waals surface area contributed by atoms with Crippen molar-refractivity contribution in [3.63, 3.8) is 0 Å². The molecule has 1 N–H and O–H groups in total. The van der Waals surface area contributed by atoms with Crippen molar-refractivity contribution >= 4 is 5.97 Å². The van der Waals surface area contributed by atoms with Crippen LogP contribution in [0.15, 0.2) is 18.3 Å². The molecule has 1 heterocycles. The van der Waals surface area contributed by atoms with Gasteiger partial charge in [-0.2, -0.15) is 0 Å². The summed E-state index contributed by atoms with van der Waals surface area (Å²) in [5, 5.41) is 15.4. The van der Waals surface area contributed by atoms with Gasteiger partial charge in [0.2, 0.25) is 0 Å². The highest BCUT2D eigenvalue weighted by Gasteiger charge is 2.14. The van der Waals surface area contributed by atoms with Crippen LogP contribution in [0, 0.1) is 17.5 Å². The third-order valence-corrected chi connectivity index (χ3v) is 2.11. The van der Waals surface area contributed by atoms with Crippen LogP contribution in [-0.4, -0.2) is 26.1 Å². The fourth-order valence-corrected chi connectivity index (χ4v) is 1.34. The zero-order valence-electron chi connectivity index (χ0n) is 8.77. The minimum atomic E-state index is -1.32. The number of rotatable bonds is 3. The zero-order valence-corrected chi connectivity index (χ0v) is 8.77. The molecule has 5 nitrogen and oxygen atoms in total. The first-order valence-corrected chi connectivity index (χ1v) is 4.75. The lowest BCUT2D eigenvalue weighted by Gasteiger charge is -2.02. The van der Waals surface area contributed by atoms with Crippen molar-refractivity contribution in [2.45, 2.75) is 6.42 Å². The number of aromatic nitrogens is 3. The molecule has 0 unspecified atom stereocenters. The summed E-state index contributed by atoms with van der Waals surface area (Å²) >= 11 is 0. The standard InChI is InChI=1S/C10H6F3N3O2/c11-6-2-8(13)9(3-7(6)12)16-4-5(14-15-16)1-10(17)18/h2-4H,1H2,(H,17,18). The molecular formula is C10H6F3N3O2. The second-order valence-electron chi connectivity index (χ2n) is 3.44. The SMILES string of the molecule is O=C(O)Cc1cn(-c2cc(F)c(F)cc2F)nn1. The second-order valence-corrected chi connectivity index (χ2v) is 3.44. The maximum atomic E-state index is 13.4. The van der Waals surface area contributed by atoms with E-state index in [2.05, 4.69) is 10.3 Å². The van der Waals surface area contributed by atoms with Gasteiger partial charge in [0.1, 0.15) is 5.69 Å². The summed E-state index contributed by atoms with van der Waals surface area (Å²) in [4.78, 5) is 10.4. The lowest BCUT2D eigenvalue weighted by atomic mass is 10.3. The molecule has 2 aromatic rings. The van der Waals surface area contributed by atoms with E-state index in [0.29, 0.717) is 12.1 Å². The highest BCUT2D eigenvalue weighted by atomic mass is 19.2. The van der Waals surface area contributed by atoms with E-state index in [4.69, 9.17) is 5.11 Å². The van der Waals surface area contributed by atoms with E-state index in [-0.39, 0.29) is 11.4 Å². The van der Waals surface area contributed by atoms with Gasteiger partial charge in [-0.3, -0.25) is 4.79 Å². The molecule has 0 aliphatic rings. The van der Waals surface area contributed by atoms with Gasteiger partial charge >= 0.3 is 5.97 Å². The van der Waals surface area contributed by atoms with Crippen LogP contribution in [0.4, 0.5) is 13.2 Å². The molecular weight excluding hydrogens is 251 g/mol. The van der Waals surface area contributed by atoms with Crippen molar-refractivity contribution in [2.75, 3.05) is 0 Å². The number of aliphatic carboxylic acids is 1. The van der Waals surface area contributed by atoms with E-state index in [1.54, 1.807) is 0 Å². The van der Waals surface area contributed by atoms with E-state index < -0.39 is 29.8 Å². The van der Waals surface area contributed by atoms with Crippen molar-refractivity contribution < 1.29 is 23.1 Å². The summed E-state index contributed by atoms with van der Waals surface area (Å²) in [6.07, 6.45) is 0.731. The second kappa shape index (κ2) is 4.47. The monoisotopic (exact) mass is 257 g/mol. The fourth-order valence-electron chi connectivity index (χ4n) is 1.34. The molecule has 2 rings (SSSR count). The van der Waals surface area contributed by atoms with Gasteiger partial charge in [0.25, 0.3) is 0 Å². The predicted molar refractivity (Wildman–Crippen MR) is 52.6 cm³/mol. The fraction of sp³-hybridized carbons (Fsp3) is 0.100. The highest BCUT2D eigenvalue weighted by Crippen LogP contribution is 2.17. The van der Waals surface area contributed by atoms with Gasteiger partial charge in [-0.05, 0) is 0 Å². The first-order valence-electron chi connectivity index (χ1n) is 4.75. The number of carboxylic acid groups (broad SMARTS) is 1. The molecule has 0 atom stereocenters. The van der Waals surface area contributed by atoms with Crippen molar-refractivity contribution in [2.24, 2.45) is 0 Å². The summed E-state index contributed by atoms with van der Waals surface area (Å²) in [7, 11) is 0. The maximum absolute atomic E-state index is 13.4. The average Bonchev–Trinajstić information content (AvgIpc) is 2.70. The molecule has 0 aliphatic heterocycles. The number of hydrogen-bond acceptors (Lipinski definition) is 3. The molecule has 1 aromatic carbocycles. The highest BCUT2D eigenvalue weighted by molar-refractivity contribution is 5.69. The summed E-state index contributed by atoms with van der Waals surface area (Å²) in [6, 6.07) is 0.993. The molecule has 0 amide bonds. The Morgan fingerprint density at radius 1 is 1.22 bits per heavy atom. The van der Waals surface area contributed by atoms with Gasteiger partial charge in [-0.15, -0.1) is 5.10 Å². The van der Waals surface area contributed by atoms with Gasteiger partial charge in [0.15, 0.2) is 17.5 Å².